The number of nitrogens with one attached hydrogen (secondary N) is 1. The SMILES string of the molecule is CN(C1CCCCC1)S(=O)(=O)c1cccc(C(=O)NCC2(c3ccccc3)CC2)c1. The van der Waals surface area contributed by atoms with Crippen LogP contribution in [-0.2, 0) is 15.4 Å². The van der Waals surface area contributed by atoms with Crippen LogP contribution in [0.4, 0.5) is 0 Å². The molecular formula is C24H30N2O3S. The highest BCUT2D eigenvalue weighted by molar-refractivity contribution is 7.89. The van der Waals surface area contributed by atoms with Crippen LogP contribution in [0.3, 0.4) is 0 Å². The molecule has 160 valence electrons. The first-order valence-corrected chi connectivity index (χ1v) is 12.3. The van der Waals surface area contributed by atoms with Crippen molar-refractivity contribution in [1.82, 2.24) is 9.62 Å². The fraction of sp³-hybridized carbons (Fsp3) is 0.458. The van der Waals surface area contributed by atoms with Gasteiger partial charge in [0.1, 0.15) is 0 Å². The first-order chi connectivity index (χ1) is 14.4. The van der Waals surface area contributed by atoms with Crippen LogP contribution in [0.15, 0.2) is 59.5 Å². The number of rotatable bonds is 7. The topological polar surface area (TPSA) is 66.5 Å². The molecule has 0 spiro atoms. The molecule has 4 rings (SSSR count). The van der Waals surface area contributed by atoms with E-state index in [4.69, 9.17) is 0 Å². The summed E-state index contributed by atoms with van der Waals surface area (Å²) in [5.74, 6) is -0.227. The molecule has 2 saturated carbocycles. The van der Waals surface area contributed by atoms with Gasteiger partial charge in [0.2, 0.25) is 10.0 Å². The summed E-state index contributed by atoms with van der Waals surface area (Å²) >= 11 is 0. The molecule has 0 atom stereocenters. The van der Waals surface area contributed by atoms with Crippen LogP contribution in [0, 0.1) is 0 Å². The number of hydrogen-bond donors (Lipinski definition) is 1. The number of nitrogens with zero attached hydrogens (tertiary/aromatic N) is 1. The van der Waals surface area contributed by atoms with Gasteiger partial charge in [-0.1, -0.05) is 55.7 Å². The Hall–Kier alpha value is -2.18. The van der Waals surface area contributed by atoms with Crippen molar-refractivity contribution in [2.45, 2.75) is 61.3 Å². The standard InChI is InChI=1S/C24H30N2O3S/c1-26(21-12-6-3-7-13-21)30(28,29)22-14-8-9-19(17-22)23(27)25-18-24(15-16-24)20-10-4-2-5-11-20/h2,4-5,8-11,14,17,21H,3,6-7,12-13,15-16,18H2,1H3,(H,25,27). The minimum absolute atomic E-state index is 0.0157. The summed E-state index contributed by atoms with van der Waals surface area (Å²) in [7, 11) is -1.95. The molecule has 2 aromatic rings. The van der Waals surface area contributed by atoms with E-state index in [2.05, 4.69) is 17.4 Å². The van der Waals surface area contributed by atoms with Gasteiger partial charge in [0.15, 0.2) is 0 Å². The number of hydrogen-bond acceptors (Lipinski definition) is 3. The Morgan fingerprint density at radius 1 is 1.03 bits per heavy atom. The number of benzene rings is 2. The van der Waals surface area contributed by atoms with Gasteiger partial charge in [-0.25, -0.2) is 8.42 Å². The molecule has 0 unspecified atom stereocenters. The zero-order valence-corrected chi connectivity index (χ0v) is 18.3. The Balaban J connectivity index is 1.45. The first-order valence-electron chi connectivity index (χ1n) is 10.8. The van der Waals surface area contributed by atoms with E-state index in [1.165, 1.54) is 22.4 Å². The number of amides is 1. The largest absolute Gasteiger partial charge is 0.351 e. The molecule has 30 heavy (non-hydrogen) atoms. The quantitative estimate of drug-likeness (QED) is 0.725. The van der Waals surface area contributed by atoms with E-state index < -0.39 is 10.0 Å². The zero-order chi connectivity index (χ0) is 21.2. The zero-order valence-electron chi connectivity index (χ0n) is 17.5. The predicted octanol–water partition coefficient (Wildman–Crippen LogP) is 4.10. The maximum Gasteiger partial charge on any atom is 0.251 e. The predicted molar refractivity (Wildman–Crippen MR) is 118 cm³/mol. The van der Waals surface area contributed by atoms with Crippen LogP contribution in [0.2, 0.25) is 0 Å². The molecule has 0 radical (unpaired) electrons. The van der Waals surface area contributed by atoms with Crippen LogP contribution in [0.1, 0.15) is 60.9 Å². The Morgan fingerprint density at radius 3 is 2.40 bits per heavy atom. The fourth-order valence-corrected chi connectivity index (χ4v) is 5.93. The third-order valence-electron chi connectivity index (χ3n) is 6.69. The summed E-state index contributed by atoms with van der Waals surface area (Å²) in [6.07, 6.45) is 7.21. The number of sulfonamides is 1. The van der Waals surface area contributed by atoms with E-state index in [-0.39, 0.29) is 22.3 Å². The molecule has 5 nitrogen and oxygen atoms in total. The summed E-state index contributed by atoms with van der Waals surface area (Å²) in [4.78, 5) is 13.0. The van der Waals surface area contributed by atoms with Crippen LogP contribution >= 0.6 is 0 Å². The molecule has 2 fully saturated rings. The summed E-state index contributed by atoms with van der Waals surface area (Å²) < 4.78 is 27.7. The maximum atomic E-state index is 13.1. The number of carbonyl (C=O) groups excluding carboxylic acids is 1. The van der Waals surface area contributed by atoms with Crippen molar-refractivity contribution < 1.29 is 13.2 Å². The Morgan fingerprint density at radius 2 is 1.73 bits per heavy atom. The van der Waals surface area contributed by atoms with Gasteiger partial charge >= 0.3 is 0 Å². The fourth-order valence-electron chi connectivity index (χ4n) is 4.47. The van der Waals surface area contributed by atoms with Crippen LogP contribution in [0.5, 0.6) is 0 Å². The third kappa shape index (κ3) is 4.30. The van der Waals surface area contributed by atoms with Crippen LogP contribution in [0.25, 0.3) is 0 Å². The van der Waals surface area contributed by atoms with E-state index in [9.17, 15) is 13.2 Å². The van der Waals surface area contributed by atoms with Gasteiger partial charge in [0.05, 0.1) is 4.90 Å². The summed E-state index contributed by atoms with van der Waals surface area (Å²) in [6, 6.07) is 16.7. The van der Waals surface area contributed by atoms with Crippen molar-refractivity contribution in [3.8, 4) is 0 Å². The average molecular weight is 427 g/mol. The summed E-state index contributed by atoms with van der Waals surface area (Å²) in [6.45, 7) is 0.564. The molecule has 0 bridgehead atoms. The van der Waals surface area contributed by atoms with Crippen molar-refractivity contribution in [2.75, 3.05) is 13.6 Å². The average Bonchev–Trinajstić information content (AvgIpc) is 3.59. The van der Waals surface area contributed by atoms with Gasteiger partial charge in [-0.05, 0) is 49.4 Å². The van der Waals surface area contributed by atoms with E-state index in [0.717, 1.165) is 38.5 Å². The van der Waals surface area contributed by atoms with Crippen LogP contribution in [-0.4, -0.2) is 38.3 Å². The lowest BCUT2D eigenvalue weighted by molar-refractivity contribution is 0.0949. The lowest BCUT2D eigenvalue weighted by atomic mass is 9.96. The van der Waals surface area contributed by atoms with Gasteiger partial charge in [-0.3, -0.25) is 4.79 Å². The Bertz CT molecular complexity index is 994. The number of carbonyl (C=O) groups is 1. The molecule has 0 heterocycles. The normalized spacial score (nSPS) is 18.9. The van der Waals surface area contributed by atoms with Crippen molar-refractivity contribution in [1.29, 1.82) is 0 Å². The lowest BCUT2D eigenvalue weighted by Crippen LogP contribution is -2.38. The smallest absolute Gasteiger partial charge is 0.251 e. The van der Waals surface area contributed by atoms with Crippen molar-refractivity contribution in [3.05, 3.63) is 65.7 Å². The second-order valence-corrected chi connectivity index (χ2v) is 10.7. The third-order valence-corrected chi connectivity index (χ3v) is 8.60. The minimum Gasteiger partial charge on any atom is -0.351 e. The van der Waals surface area contributed by atoms with Gasteiger partial charge in [0, 0.05) is 30.6 Å². The van der Waals surface area contributed by atoms with E-state index in [1.807, 2.05) is 18.2 Å². The van der Waals surface area contributed by atoms with Crippen molar-refractivity contribution in [3.63, 3.8) is 0 Å². The first kappa shape index (κ1) is 21.1. The molecule has 2 aliphatic rings. The molecule has 1 N–H and O–H groups in total. The highest BCUT2D eigenvalue weighted by Crippen LogP contribution is 2.47. The molecule has 1 amide bonds. The lowest BCUT2D eigenvalue weighted by Gasteiger charge is -2.30. The highest BCUT2D eigenvalue weighted by Gasteiger charge is 2.44. The molecule has 0 aromatic heterocycles. The molecule has 2 aromatic carbocycles. The second-order valence-electron chi connectivity index (χ2n) is 8.67. The van der Waals surface area contributed by atoms with Crippen molar-refractivity contribution in [2.24, 2.45) is 0 Å². The van der Waals surface area contributed by atoms with E-state index in [0.29, 0.717) is 12.1 Å². The monoisotopic (exact) mass is 426 g/mol. The van der Waals surface area contributed by atoms with Crippen LogP contribution < -0.4 is 5.32 Å². The Labute approximate surface area is 179 Å². The van der Waals surface area contributed by atoms with E-state index in [1.54, 1.807) is 25.2 Å². The molecular weight excluding hydrogens is 396 g/mol. The van der Waals surface area contributed by atoms with Gasteiger partial charge in [-0.15, -0.1) is 0 Å². The maximum absolute atomic E-state index is 13.1. The molecule has 0 saturated heterocycles. The summed E-state index contributed by atoms with van der Waals surface area (Å²) in [5.41, 5.74) is 1.65. The summed E-state index contributed by atoms with van der Waals surface area (Å²) in [5, 5.41) is 3.02. The molecule has 6 heteroatoms. The Kier molecular flexibility index (Phi) is 5.98. The van der Waals surface area contributed by atoms with E-state index >= 15 is 0 Å². The molecule has 2 aliphatic carbocycles. The minimum atomic E-state index is -3.62. The van der Waals surface area contributed by atoms with Gasteiger partial charge in [-0.2, -0.15) is 4.31 Å². The van der Waals surface area contributed by atoms with Gasteiger partial charge in [0.25, 0.3) is 5.91 Å². The second kappa shape index (κ2) is 8.52. The highest BCUT2D eigenvalue weighted by atomic mass is 32.2. The van der Waals surface area contributed by atoms with Gasteiger partial charge < -0.3 is 5.32 Å². The molecule has 0 aliphatic heterocycles. The van der Waals surface area contributed by atoms with Crippen molar-refractivity contribution >= 4 is 15.9 Å².